The van der Waals surface area contributed by atoms with Gasteiger partial charge in [-0.25, -0.2) is 9.97 Å². The molecule has 0 radical (unpaired) electrons. The van der Waals surface area contributed by atoms with Crippen molar-refractivity contribution in [1.29, 1.82) is 0 Å². The lowest BCUT2D eigenvalue weighted by Crippen LogP contribution is -2.19. The molecular weight excluding hydrogens is 240 g/mol. The molecule has 0 atom stereocenters. The van der Waals surface area contributed by atoms with Crippen LogP contribution in [0.3, 0.4) is 0 Å². The molecule has 0 saturated carbocycles. The van der Waals surface area contributed by atoms with Crippen molar-refractivity contribution in [3.63, 3.8) is 0 Å². The topological polar surface area (TPSA) is 59.9 Å². The third kappa shape index (κ3) is 4.08. The van der Waals surface area contributed by atoms with Crippen LogP contribution in [0.15, 0.2) is 30.5 Å². The molecule has 5 heteroatoms. The van der Waals surface area contributed by atoms with E-state index in [0.717, 1.165) is 23.6 Å². The normalized spacial score (nSPS) is 10.6. The molecule has 100 valence electrons. The molecule has 0 spiro atoms. The molecule has 2 aromatic heterocycles. The highest BCUT2D eigenvalue weighted by atomic mass is 16.5. The molecule has 0 aliphatic heterocycles. The second-order valence-electron chi connectivity index (χ2n) is 4.21. The van der Waals surface area contributed by atoms with E-state index in [2.05, 4.69) is 20.3 Å². The van der Waals surface area contributed by atoms with Crippen molar-refractivity contribution in [2.75, 3.05) is 20.3 Å². The van der Waals surface area contributed by atoms with E-state index in [1.165, 1.54) is 0 Å². The van der Waals surface area contributed by atoms with Gasteiger partial charge in [0.2, 0.25) is 0 Å². The van der Waals surface area contributed by atoms with Gasteiger partial charge in [-0.3, -0.25) is 4.98 Å². The first kappa shape index (κ1) is 13.6. The first-order chi connectivity index (χ1) is 9.29. The maximum atomic E-state index is 4.99. The van der Waals surface area contributed by atoms with Crippen LogP contribution in [0.1, 0.15) is 11.4 Å². The molecular formula is C14H18N4O. The van der Waals surface area contributed by atoms with Gasteiger partial charge < -0.3 is 10.1 Å². The highest BCUT2D eigenvalue weighted by Crippen LogP contribution is 2.12. The van der Waals surface area contributed by atoms with E-state index >= 15 is 0 Å². The first-order valence-electron chi connectivity index (χ1n) is 6.25. The maximum absolute atomic E-state index is 4.99. The van der Waals surface area contributed by atoms with Crippen molar-refractivity contribution in [3.05, 3.63) is 41.9 Å². The summed E-state index contributed by atoms with van der Waals surface area (Å²) in [7, 11) is 1.69. The number of methoxy groups -OCH3 is 1. The van der Waals surface area contributed by atoms with Gasteiger partial charge >= 0.3 is 0 Å². The minimum atomic E-state index is 0.671. The minimum absolute atomic E-state index is 0.671. The van der Waals surface area contributed by atoms with Crippen molar-refractivity contribution in [1.82, 2.24) is 20.3 Å². The van der Waals surface area contributed by atoms with Crippen molar-refractivity contribution in [2.45, 2.75) is 13.5 Å². The molecule has 0 aliphatic rings. The highest BCUT2D eigenvalue weighted by molar-refractivity contribution is 5.48. The van der Waals surface area contributed by atoms with Gasteiger partial charge in [-0.1, -0.05) is 6.07 Å². The fourth-order valence-electron chi connectivity index (χ4n) is 1.72. The number of hydrogen-bond acceptors (Lipinski definition) is 5. The summed E-state index contributed by atoms with van der Waals surface area (Å²) >= 11 is 0. The standard InChI is InChI=1S/C14H18N4O/c1-11-9-12(10-15-7-8-19-2)18-14(17-11)13-5-3-4-6-16-13/h3-6,9,15H,7-8,10H2,1-2H3. The lowest BCUT2D eigenvalue weighted by atomic mass is 10.3. The molecule has 5 nitrogen and oxygen atoms in total. The van der Waals surface area contributed by atoms with Crippen molar-refractivity contribution in [2.24, 2.45) is 0 Å². The van der Waals surface area contributed by atoms with Gasteiger partial charge in [0.1, 0.15) is 5.69 Å². The number of aromatic nitrogens is 3. The zero-order chi connectivity index (χ0) is 13.5. The summed E-state index contributed by atoms with van der Waals surface area (Å²) < 4.78 is 4.99. The zero-order valence-electron chi connectivity index (χ0n) is 11.3. The van der Waals surface area contributed by atoms with E-state index in [4.69, 9.17) is 4.74 Å². The zero-order valence-corrected chi connectivity index (χ0v) is 11.3. The van der Waals surface area contributed by atoms with Crippen molar-refractivity contribution < 1.29 is 4.74 Å². The van der Waals surface area contributed by atoms with Gasteiger partial charge in [0.25, 0.3) is 0 Å². The van der Waals surface area contributed by atoms with Gasteiger partial charge in [-0.15, -0.1) is 0 Å². The average Bonchev–Trinajstić information content (AvgIpc) is 2.44. The Bertz CT molecular complexity index is 516. The number of pyridine rings is 1. The molecule has 0 amide bonds. The fraction of sp³-hybridized carbons (Fsp3) is 0.357. The average molecular weight is 258 g/mol. The summed E-state index contributed by atoms with van der Waals surface area (Å²) in [5, 5.41) is 3.27. The first-order valence-corrected chi connectivity index (χ1v) is 6.25. The molecule has 0 bridgehead atoms. The Morgan fingerprint density at radius 1 is 1.26 bits per heavy atom. The number of nitrogens with zero attached hydrogens (tertiary/aromatic N) is 3. The van der Waals surface area contributed by atoms with Crippen LogP contribution in [-0.4, -0.2) is 35.2 Å². The predicted octanol–water partition coefficient (Wildman–Crippen LogP) is 1.58. The van der Waals surface area contributed by atoms with E-state index in [0.29, 0.717) is 19.0 Å². The van der Waals surface area contributed by atoms with Crippen LogP contribution in [0.25, 0.3) is 11.5 Å². The summed E-state index contributed by atoms with van der Waals surface area (Å²) in [5.41, 5.74) is 2.70. The van der Waals surface area contributed by atoms with E-state index < -0.39 is 0 Å². The third-order valence-corrected chi connectivity index (χ3v) is 2.59. The Morgan fingerprint density at radius 2 is 2.16 bits per heavy atom. The van der Waals surface area contributed by atoms with E-state index in [1.54, 1.807) is 13.3 Å². The molecule has 0 fully saturated rings. The molecule has 0 unspecified atom stereocenters. The summed E-state index contributed by atoms with van der Waals surface area (Å²) in [4.78, 5) is 13.2. The molecule has 2 heterocycles. The molecule has 1 N–H and O–H groups in total. The Hall–Kier alpha value is -1.85. The Labute approximate surface area is 113 Å². The van der Waals surface area contributed by atoms with Crippen LogP contribution >= 0.6 is 0 Å². The molecule has 0 aliphatic carbocycles. The lowest BCUT2D eigenvalue weighted by Gasteiger charge is -2.07. The number of ether oxygens (including phenoxy) is 1. The quantitative estimate of drug-likeness (QED) is 0.797. The van der Waals surface area contributed by atoms with Crippen molar-refractivity contribution in [3.8, 4) is 11.5 Å². The highest BCUT2D eigenvalue weighted by Gasteiger charge is 2.05. The van der Waals surface area contributed by atoms with Gasteiger partial charge in [0.05, 0.1) is 12.3 Å². The molecule has 0 saturated heterocycles. The molecule has 19 heavy (non-hydrogen) atoms. The Kier molecular flexibility index (Phi) is 4.94. The second-order valence-corrected chi connectivity index (χ2v) is 4.21. The van der Waals surface area contributed by atoms with E-state index in [-0.39, 0.29) is 0 Å². The molecule has 0 aromatic carbocycles. The van der Waals surface area contributed by atoms with Gasteiger partial charge in [0.15, 0.2) is 5.82 Å². The van der Waals surface area contributed by atoms with E-state index in [9.17, 15) is 0 Å². The van der Waals surface area contributed by atoms with Gasteiger partial charge in [-0.2, -0.15) is 0 Å². The Morgan fingerprint density at radius 3 is 2.89 bits per heavy atom. The van der Waals surface area contributed by atoms with Gasteiger partial charge in [0, 0.05) is 32.1 Å². The number of hydrogen-bond donors (Lipinski definition) is 1. The van der Waals surface area contributed by atoms with E-state index in [1.807, 2.05) is 31.2 Å². The van der Waals surface area contributed by atoms with Crippen LogP contribution in [0.4, 0.5) is 0 Å². The largest absolute Gasteiger partial charge is 0.383 e. The second kappa shape index (κ2) is 6.92. The number of aryl methyl sites for hydroxylation is 1. The fourth-order valence-corrected chi connectivity index (χ4v) is 1.72. The van der Waals surface area contributed by atoms with Crippen LogP contribution in [0, 0.1) is 6.92 Å². The van der Waals surface area contributed by atoms with Crippen molar-refractivity contribution >= 4 is 0 Å². The van der Waals surface area contributed by atoms with Crippen LogP contribution in [0.2, 0.25) is 0 Å². The summed E-state index contributed by atoms with van der Waals surface area (Å²) in [6.45, 7) is 4.16. The smallest absolute Gasteiger partial charge is 0.178 e. The summed E-state index contributed by atoms with van der Waals surface area (Å²) in [6, 6.07) is 7.71. The van der Waals surface area contributed by atoms with Crippen LogP contribution < -0.4 is 5.32 Å². The Balaban J connectivity index is 2.11. The number of rotatable bonds is 6. The monoisotopic (exact) mass is 258 g/mol. The SMILES string of the molecule is COCCNCc1cc(C)nc(-c2ccccn2)n1. The molecule has 2 aromatic rings. The van der Waals surface area contributed by atoms with Gasteiger partial charge in [-0.05, 0) is 25.1 Å². The number of nitrogens with one attached hydrogen (secondary N) is 1. The summed E-state index contributed by atoms with van der Waals surface area (Å²) in [6.07, 6.45) is 1.75. The van der Waals surface area contributed by atoms with Crippen LogP contribution in [-0.2, 0) is 11.3 Å². The maximum Gasteiger partial charge on any atom is 0.178 e. The third-order valence-electron chi connectivity index (χ3n) is 2.59. The lowest BCUT2D eigenvalue weighted by molar-refractivity contribution is 0.199. The molecule has 2 rings (SSSR count). The predicted molar refractivity (Wildman–Crippen MR) is 73.6 cm³/mol. The summed E-state index contributed by atoms with van der Waals surface area (Å²) in [5.74, 6) is 0.671. The minimum Gasteiger partial charge on any atom is -0.383 e. The van der Waals surface area contributed by atoms with Crippen LogP contribution in [0.5, 0.6) is 0 Å².